The van der Waals surface area contributed by atoms with Crippen molar-refractivity contribution in [3.05, 3.63) is 16.6 Å². The highest BCUT2D eigenvalue weighted by atomic mass is 35.5. The maximum Gasteiger partial charge on any atom is 0.220 e. The summed E-state index contributed by atoms with van der Waals surface area (Å²) in [5.41, 5.74) is 0. The SMILES string of the molecule is Cl.Cl.O=C(CCc1nccs1)NCC1CNCC1O. The molecule has 19 heavy (non-hydrogen) atoms. The smallest absolute Gasteiger partial charge is 0.220 e. The molecule has 1 aliphatic heterocycles. The molecule has 2 atom stereocenters. The molecule has 1 saturated heterocycles. The van der Waals surface area contributed by atoms with Gasteiger partial charge in [0.25, 0.3) is 0 Å². The maximum absolute atomic E-state index is 11.6. The average Bonchev–Trinajstić information content (AvgIpc) is 2.95. The fourth-order valence-electron chi connectivity index (χ4n) is 1.86. The van der Waals surface area contributed by atoms with Gasteiger partial charge in [0.15, 0.2) is 0 Å². The second-order valence-corrected chi connectivity index (χ2v) is 5.19. The molecule has 0 aliphatic carbocycles. The lowest BCUT2D eigenvalue weighted by atomic mass is 10.1. The number of nitrogens with one attached hydrogen (secondary N) is 2. The lowest BCUT2D eigenvalue weighted by Gasteiger charge is -2.13. The zero-order chi connectivity index (χ0) is 12.1. The van der Waals surface area contributed by atoms with Crippen LogP contribution in [0.5, 0.6) is 0 Å². The van der Waals surface area contributed by atoms with Gasteiger partial charge >= 0.3 is 0 Å². The molecule has 3 N–H and O–H groups in total. The first kappa shape index (κ1) is 18.6. The van der Waals surface area contributed by atoms with Crippen LogP contribution in [0, 0.1) is 5.92 Å². The standard InChI is InChI=1S/C11H17N3O2S.2ClH/c15-9-7-12-5-8(9)6-14-10(16)1-2-11-13-3-4-17-11;;/h3-4,8-9,12,15H,1-2,5-7H2,(H,14,16);2*1H. The fourth-order valence-corrected chi connectivity index (χ4v) is 2.48. The second kappa shape index (κ2) is 9.50. The molecule has 1 amide bonds. The monoisotopic (exact) mass is 327 g/mol. The van der Waals surface area contributed by atoms with Crippen molar-refractivity contribution in [2.75, 3.05) is 19.6 Å². The first-order valence-electron chi connectivity index (χ1n) is 5.79. The third-order valence-electron chi connectivity index (χ3n) is 2.91. The van der Waals surface area contributed by atoms with Gasteiger partial charge in [-0.25, -0.2) is 4.98 Å². The van der Waals surface area contributed by atoms with Crippen LogP contribution in [0.1, 0.15) is 11.4 Å². The van der Waals surface area contributed by atoms with Crippen LogP contribution >= 0.6 is 36.2 Å². The van der Waals surface area contributed by atoms with Crippen LogP contribution in [0.2, 0.25) is 0 Å². The van der Waals surface area contributed by atoms with Crippen molar-refractivity contribution < 1.29 is 9.90 Å². The molecule has 0 aromatic carbocycles. The fraction of sp³-hybridized carbons (Fsp3) is 0.636. The third-order valence-corrected chi connectivity index (χ3v) is 3.75. The lowest BCUT2D eigenvalue weighted by molar-refractivity contribution is -0.121. The van der Waals surface area contributed by atoms with Crippen LogP contribution in [0.3, 0.4) is 0 Å². The molecule has 0 saturated carbocycles. The zero-order valence-corrected chi connectivity index (χ0v) is 12.8. The first-order chi connectivity index (χ1) is 8.25. The van der Waals surface area contributed by atoms with Gasteiger partial charge in [0.1, 0.15) is 0 Å². The number of aryl methyl sites for hydroxylation is 1. The van der Waals surface area contributed by atoms with E-state index in [1.54, 1.807) is 17.5 Å². The van der Waals surface area contributed by atoms with Crippen molar-refractivity contribution >= 4 is 42.1 Å². The largest absolute Gasteiger partial charge is 0.391 e. The van der Waals surface area contributed by atoms with Crippen LogP contribution < -0.4 is 10.6 Å². The number of aromatic nitrogens is 1. The van der Waals surface area contributed by atoms with E-state index in [2.05, 4.69) is 15.6 Å². The number of halogens is 2. The minimum atomic E-state index is -0.339. The minimum absolute atomic E-state index is 0. The Morgan fingerprint density at radius 3 is 2.89 bits per heavy atom. The Hall–Kier alpha value is -0.400. The number of nitrogens with zero attached hydrogens (tertiary/aromatic N) is 1. The highest BCUT2D eigenvalue weighted by Crippen LogP contribution is 2.08. The van der Waals surface area contributed by atoms with Crippen molar-refractivity contribution in [2.45, 2.75) is 18.9 Å². The average molecular weight is 328 g/mol. The molecular formula is C11H19Cl2N3O2S. The van der Waals surface area contributed by atoms with E-state index >= 15 is 0 Å². The van der Waals surface area contributed by atoms with Crippen LogP contribution in [0.4, 0.5) is 0 Å². The van der Waals surface area contributed by atoms with Crippen LogP contribution in [0.15, 0.2) is 11.6 Å². The molecule has 8 heteroatoms. The van der Waals surface area contributed by atoms with E-state index in [9.17, 15) is 9.90 Å². The molecule has 2 rings (SSSR count). The summed E-state index contributed by atoms with van der Waals surface area (Å²) >= 11 is 1.57. The van der Waals surface area contributed by atoms with E-state index < -0.39 is 0 Å². The number of carbonyl (C=O) groups excluding carboxylic acids is 1. The van der Waals surface area contributed by atoms with E-state index in [1.807, 2.05) is 5.38 Å². The highest BCUT2D eigenvalue weighted by molar-refractivity contribution is 7.09. The molecule has 0 bridgehead atoms. The number of amides is 1. The van der Waals surface area contributed by atoms with Gasteiger partial charge in [0, 0.05) is 50.0 Å². The molecule has 1 aromatic rings. The third kappa shape index (κ3) is 6.05. The zero-order valence-electron chi connectivity index (χ0n) is 10.4. The van der Waals surface area contributed by atoms with Gasteiger partial charge in [0.2, 0.25) is 5.91 Å². The van der Waals surface area contributed by atoms with E-state index in [0.717, 1.165) is 11.6 Å². The molecular weight excluding hydrogens is 309 g/mol. The van der Waals surface area contributed by atoms with E-state index in [4.69, 9.17) is 0 Å². The van der Waals surface area contributed by atoms with E-state index in [0.29, 0.717) is 25.9 Å². The number of thiazole rings is 1. The van der Waals surface area contributed by atoms with E-state index in [-0.39, 0.29) is 42.7 Å². The van der Waals surface area contributed by atoms with Crippen molar-refractivity contribution in [1.82, 2.24) is 15.6 Å². The van der Waals surface area contributed by atoms with E-state index in [1.165, 1.54) is 0 Å². The Morgan fingerprint density at radius 2 is 2.32 bits per heavy atom. The lowest BCUT2D eigenvalue weighted by Crippen LogP contribution is -2.34. The van der Waals surface area contributed by atoms with Gasteiger partial charge in [-0.2, -0.15) is 0 Å². The summed E-state index contributed by atoms with van der Waals surface area (Å²) in [5.74, 6) is 0.165. The Labute approximate surface area is 129 Å². The summed E-state index contributed by atoms with van der Waals surface area (Å²) < 4.78 is 0. The second-order valence-electron chi connectivity index (χ2n) is 4.22. The number of hydrogen-bond acceptors (Lipinski definition) is 5. The summed E-state index contributed by atoms with van der Waals surface area (Å²) in [5, 5.41) is 18.4. The molecule has 5 nitrogen and oxygen atoms in total. The number of hydrogen-bond donors (Lipinski definition) is 3. The van der Waals surface area contributed by atoms with Gasteiger partial charge in [-0.15, -0.1) is 36.2 Å². The normalized spacial score (nSPS) is 21.3. The Bertz CT molecular complexity index is 365. The van der Waals surface area contributed by atoms with Crippen molar-refractivity contribution in [3.8, 4) is 0 Å². The predicted molar refractivity (Wildman–Crippen MR) is 80.3 cm³/mol. The highest BCUT2D eigenvalue weighted by Gasteiger charge is 2.24. The van der Waals surface area contributed by atoms with Gasteiger partial charge in [0.05, 0.1) is 11.1 Å². The summed E-state index contributed by atoms with van der Waals surface area (Å²) in [4.78, 5) is 15.7. The molecule has 0 spiro atoms. The minimum Gasteiger partial charge on any atom is -0.391 e. The number of aliphatic hydroxyl groups excluding tert-OH is 1. The number of aliphatic hydroxyl groups is 1. The molecule has 2 heterocycles. The number of β-amino-alcohol motifs (C(OH)–C–C–N with tert-alkyl or cyclic N) is 1. The quantitative estimate of drug-likeness (QED) is 0.741. The Balaban J connectivity index is 0.00000162. The van der Waals surface area contributed by atoms with Gasteiger partial charge in [-0.3, -0.25) is 4.79 Å². The molecule has 1 fully saturated rings. The van der Waals surface area contributed by atoms with Crippen LogP contribution in [0.25, 0.3) is 0 Å². The topological polar surface area (TPSA) is 74.2 Å². The first-order valence-corrected chi connectivity index (χ1v) is 6.67. The van der Waals surface area contributed by atoms with Crippen LogP contribution in [-0.4, -0.2) is 41.7 Å². The van der Waals surface area contributed by atoms with Gasteiger partial charge in [-0.05, 0) is 0 Å². The summed E-state index contributed by atoms with van der Waals surface area (Å²) in [7, 11) is 0. The summed E-state index contributed by atoms with van der Waals surface area (Å²) in [6, 6.07) is 0. The number of rotatable bonds is 5. The van der Waals surface area contributed by atoms with Crippen LogP contribution in [-0.2, 0) is 11.2 Å². The van der Waals surface area contributed by atoms with Crippen molar-refractivity contribution in [2.24, 2.45) is 5.92 Å². The van der Waals surface area contributed by atoms with Crippen molar-refractivity contribution in [3.63, 3.8) is 0 Å². The molecule has 1 aliphatic rings. The predicted octanol–water partition coefficient (Wildman–Crippen LogP) is 0.616. The maximum atomic E-state index is 11.6. The number of carbonyl (C=O) groups is 1. The van der Waals surface area contributed by atoms with Gasteiger partial charge in [-0.1, -0.05) is 0 Å². The molecule has 0 radical (unpaired) electrons. The van der Waals surface area contributed by atoms with Crippen molar-refractivity contribution in [1.29, 1.82) is 0 Å². The Morgan fingerprint density at radius 1 is 1.53 bits per heavy atom. The summed E-state index contributed by atoms with van der Waals surface area (Å²) in [6.45, 7) is 1.94. The molecule has 2 unspecified atom stereocenters. The molecule has 110 valence electrons. The molecule has 1 aromatic heterocycles. The summed E-state index contributed by atoms with van der Waals surface area (Å²) in [6.07, 6.45) is 2.56. The van der Waals surface area contributed by atoms with Gasteiger partial charge < -0.3 is 15.7 Å². The Kier molecular flexibility index (Phi) is 9.30.